The van der Waals surface area contributed by atoms with E-state index in [1.54, 1.807) is 31.3 Å². The molecule has 0 radical (unpaired) electrons. The van der Waals surface area contributed by atoms with Crippen molar-refractivity contribution < 1.29 is 9.90 Å². The van der Waals surface area contributed by atoms with Crippen molar-refractivity contribution in [1.29, 1.82) is 0 Å². The van der Waals surface area contributed by atoms with E-state index in [2.05, 4.69) is 5.32 Å². The number of carbonyl (C=O) groups excluding carboxylic acids is 1. The quantitative estimate of drug-likeness (QED) is 0.886. The third-order valence-electron chi connectivity index (χ3n) is 4.19. The molecule has 110 valence electrons. The monoisotopic (exact) mass is 286 g/mol. The Morgan fingerprint density at radius 3 is 2.67 bits per heavy atom. The van der Waals surface area contributed by atoms with E-state index in [4.69, 9.17) is 0 Å². The van der Waals surface area contributed by atoms with E-state index in [1.807, 2.05) is 0 Å². The summed E-state index contributed by atoms with van der Waals surface area (Å²) in [6.07, 6.45) is 4.04. The number of rotatable bonds is 2. The average molecular weight is 286 g/mol. The van der Waals surface area contributed by atoms with Crippen molar-refractivity contribution >= 4 is 16.8 Å². The van der Waals surface area contributed by atoms with Gasteiger partial charge in [-0.3, -0.25) is 9.59 Å². The van der Waals surface area contributed by atoms with E-state index < -0.39 is 11.5 Å². The highest BCUT2D eigenvalue weighted by atomic mass is 16.3. The Labute approximate surface area is 122 Å². The zero-order valence-corrected chi connectivity index (χ0v) is 11.9. The molecule has 1 heterocycles. The fraction of sp³-hybridized carbons (Fsp3) is 0.375. The summed E-state index contributed by atoms with van der Waals surface area (Å²) in [6, 6.07) is 7.11. The highest BCUT2D eigenvalue weighted by Crippen LogP contribution is 2.26. The summed E-state index contributed by atoms with van der Waals surface area (Å²) in [7, 11) is 1.61. The third-order valence-corrected chi connectivity index (χ3v) is 4.19. The van der Waals surface area contributed by atoms with Gasteiger partial charge < -0.3 is 15.0 Å². The Hall–Kier alpha value is -2.30. The number of hydrogen-bond donors (Lipinski definition) is 2. The van der Waals surface area contributed by atoms with Crippen molar-refractivity contribution in [1.82, 2.24) is 9.88 Å². The molecule has 5 heteroatoms. The molecule has 2 N–H and O–H groups in total. The molecule has 0 aliphatic heterocycles. The van der Waals surface area contributed by atoms with Gasteiger partial charge in [-0.1, -0.05) is 25.0 Å². The van der Waals surface area contributed by atoms with E-state index in [1.165, 1.54) is 4.57 Å². The second-order valence-corrected chi connectivity index (χ2v) is 5.56. The number of aryl methyl sites for hydroxylation is 1. The van der Waals surface area contributed by atoms with Crippen molar-refractivity contribution in [2.24, 2.45) is 7.05 Å². The van der Waals surface area contributed by atoms with Gasteiger partial charge in [0.15, 0.2) is 0 Å². The molecule has 0 atom stereocenters. The van der Waals surface area contributed by atoms with Crippen LogP contribution in [0.5, 0.6) is 5.75 Å². The molecule has 1 amide bonds. The maximum absolute atomic E-state index is 12.4. The molecule has 1 aromatic heterocycles. The largest absolute Gasteiger partial charge is 0.506 e. The highest BCUT2D eigenvalue weighted by molar-refractivity contribution is 6.02. The predicted molar refractivity (Wildman–Crippen MR) is 80.6 cm³/mol. The smallest absolute Gasteiger partial charge is 0.267 e. The lowest BCUT2D eigenvalue weighted by atomic mass is 10.1. The predicted octanol–water partition coefficient (Wildman–Crippen LogP) is 1.92. The van der Waals surface area contributed by atoms with E-state index in [0.717, 1.165) is 25.7 Å². The Balaban J connectivity index is 2.09. The summed E-state index contributed by atoms with van der Waals surface area (Å²) < 4.78 is 1.40. The van der Waals surface area contributed by atoms with Gasteiger partial charge >= 0.3 is 0 Å². The number of aromatic hydroxyl groups is 1. The zero-order chi connectivity index (χ0) is 15.0. The Morgan fingerprint density at radius 2 is 1.95 bits per heavy atom. The molecule has 21 heavy (non-hydrogen) atoms. The summed E-state index contributed by atoms with van der Waals surface area (Å²) in [5, 5.41) is 13.7. The fourth-order valence-electron chi connectivity index (χ4n) is 3.01. The van der Waals surface area contributed by atoms with Crippen LogP contribution >= 0.6 is 0 Å². The van der Waals surface area contributed by atoms with Crippen molar-refractivity contribution in [2.75, 3.05) is 0 Å². The number of amides is 1. The Kier molecular flexibility index (Phi) is 3.41. The minimum absolute atomic E-state index is 0.105. The maximum atomic E-state index is 12.4. The molecule has 0 bridgehead atoms. The number of nitrogens with zero attached hydrogens (tertiary/aromatic N) is 1. The number of hydrogen-bond acceptors (Lipinski definition) is 3. The molecule has 0 unspecified atom stereocenters. The van der Waals surface area contributed by atoms with Crippen LogP contribution in [0.4, 0.5) is 0 Å². The second kappa shape index (κ2) is 5.24. The molecule has 1 fully saturated rings. The summed E-state index contributed by atoms with van der Waals surface area (Å²) in [5.41, 5.74) is -0.0257. The molecule has 1 aromatic carbocycles. The second-order valence-electron chi connectivity index (χ2n) is 5.56. The fourth-order valence-corrected chi connectivity index (χ4v) is 3.01. The van der Waals surface area contributed by atoms with Crippen LogP contribution in [0.1, 0.15) is 36.0 Å². The van der Waals surface area contributed by atoms with Gasteiger partial charge in [-0.2, -0.15) is 0 Å². The molecule has 3 rings (SSSR count). The van der Waals surface area contributed by atoms with E-state index in [-0.39, 0.29) is 17.4 Å². The first-order valence-electron chi connectivity index (χ1n) is 7.21. The summed E-state index contributed by atoms with van der Waals surface area (Å²) >= 11 is 0. The number of benzene rings is 1. The van der Waals surface area contributed by atoms with Gasteiger partial charge in [0.05, 0.1) is 5.52 Å². The van der Waals surface area contributed by atoms with Crippen LogP contribution in [0.15, 0.2) is 29.1 Å². The first-order chi connectivity index (χ1) is 10.1. The molecule has 0 spiro atoms. The number of aromatic nitrogens is 1. The van der Waals surface area contributed by atoms with Gasteiger partial charge in [0.2, 0.25) is 0 Å². The molecule has 1 aliphatic carbocycles. The number of pyridine rings is 1. The maximum Gasteiger partial charge on any atom is 0.267 e. The molecular formula is C16H18N2O3. The van der Waals surface area contributed by atoms with E-state index in [9.17, 15) is 14.7 Å². The van der Waals surface area contributed by atoms with Crippen LogP contribution < -0.4 is 10.9 Å². The van der Waals surface area contributed by atoms with Crippen LogP contribution in [0, 0.1) is 0 Å². The third kappa shape index (κ3) is 2.28. The highest BCUT2D eigenvalue weighted by Gasteiger charge is 2.24. The zero-order valence-electron chi connectivity index (χ0n) is 11.9. The Morgan fingerprint density at radius 1 is 1.29 bits per heavy atom. The topological polar surface area (TPSA) is 71.3 Å². The van der Waals surface area contributed by atoms with Gasteiger partial charge in [-0.05, 0) is 25.0 Å². The first kappa shape index (κ1) is 13.7. The van der Waals surface area contributed by atoms with Crippen LogP contribution in [0.25, 0.3) is 10.9 Å². The minimum atomic E-state index is -0.481. The average Bonchev–Trinajstić information content (AvgIpc) is 2.98. The number of carbonyl (C=O) groups is 1. The number of nitrogens with one attached hydrogen (secondary N) is 1. The normalized spacial score (nSPS) is 15.5. The van der Waals surface area contributed by atoms with E-state index >= 15 is 0 Å². The van der Waals surface area contributed by atoms with Crippen molar-refractivity contribution in [3.05, 3.63) is 40.2 Å². The van der Waals surface area contributed by atoms with Crippen LogP contribution in [0.3, 0.4) is 0 Å². The van der Waals surface area contributed by atoms with Gasteiger partial charge in [0.25, 0.3) is 11.5 Å². The standard InChI is InChI=1S/C16H18N2O3/c1-18-12-9-5-4-8-11(12)14(19)13(16(18)21)15(20)17-10-6-2-3-7-10/h4-5,8-10,19H,2-3,6-7H2,1H3,(H,17,20). The summed E-state index contributed by atoms with van der Waals surface area (Å²) in [6.45, 7) is 0. The molecular weight excluding hydrogens is 268 g/mol. The molecule has 5 nitrogen and oxygen atoms in total. The lowest BCUT2D eigenvalue weighted by Crippen LogP contribution is -2.37. The SMILES string of the molecule is Cn1c(=O)c(C(=O)NC2CCCC2)c(O)c2ccccc21. The molecule has 0 saturated heterocycles. The molecule has 2 aromatic rings. The van der Waals surface area contributed by atoms with Gasteiger partial charge in [-0.15, -0.1) is 0 Å². The van der Waals surface area contributed by atoms with Gasteiger partial charge in [0, 0.05) is 18.5 Å². The first-order valence-corrected chi connectivity index (χ1v) is 7.21. The summed E-state index contributed by atoms with van der Waals surface area (Å²) in [4.78, 5) is 24.7. The van der Waals surface area contributed by atoms with Crippen LogP contribution in [-0.2, 0) is 7.05 Å². The van der Waals surface area contributed by atoms with Crippen LogP contribution in [-0.4, -0.2) is 21.6 Å². The molecule has 1 aliphatic rings. The van der Waals surface area contributed by atoms with Crippen molar-refractivity contribution in [2.45, 2.75) is 31.7 Å². The number of fused-ring (bicyclic) bond motifs is 1. The van der Waals surface area contributed by atoms with Gasteiger partial charge in [-0.25, -0.2) is 0 Å². The van der Waals surface area contributed by atoms with Gasteiger partial charge in [0.1, 0.15) is 11.3 Å². The molecule has 1 saturated carbocycles. The Bertz CT molecular complexity index is 758. The minimum Gasteiger partial charge on any atom is -0.506 e. The van der Waals surface area contributed by atoms with Crippen molar-refractivity contribution in [3.8, 4) is 5.75 Å². The van der Waals surface area contributed by atoms with E-state index in [0.29, 0.717) is 10.9 Å². The lowest BCUT2D eigenvalue weighted by molar-refractivity contribution is 0.0933. The summed E-state index contributed by atoms with van der Waals surface area (Å²) in [5.74, 6) is -0.713. The number of para-hydroxylation sites is 1. The lowest BCUT2D eigenvalue weighted by Gasteiger charge is -2.14. The van der Waals surface area contributed by atoms with Crippen LogP contribution in [0.2, 0.25) is 0 Å². The van der Waals surface area contributed by atoms with Crippen molar-refractivity contribution in [3.63, 3.8) is 0 Å².